The number of nitrogens with zero attached hydrogens (tertiary/aromatic N) is 4. The van der Waals surface area contributed by atoms with Crippen molar-refractivity contribution in [2.45, 2.75) is 19.4 Å². The number of aromatic nitrogens is 4. The summed E-state index contributed by atoms with van der Waals surface area (Å²) >= 11 is 0. The Balaban J connectivity index is 2.22. The third kappa shape index (κ3) is 2.10. The van der Waals surface area contributed by atoms with E-state index in [1.54, 1.807) is 32.4 Å². The zero-order valence-corrected chi connectivity index (χ0v) is 11.3. The van der Waals surface area contributed by atoms with Gasteiger partial charge in [0.25, 0.3) is 0 Å². The van der Waals surface area contributed by atoms with Crippen LogP contribution in [-0.4, -0.2) is 24.6 Å². The van der Waals surface area contributed by atoms with E-state index in [-0.39, 0.29) is 5.95 Å². The summed E-state index contributed by atoms with van der Waals surface area (Å²) in [6.45, 7) is 3.50. The lowest BCUT2D eigenvalue weighted by molar-refractivity contribution is 0.0787. The van der Waals surface area contributed by atoms with Crippen molar-refractivity contribution in [2.24, 2.45) is 0 Å². The highest BCUT2D eigenvalue weighted by molar-refractivity contribution is 5.78. The van der Waals surface area contributed by atoms with Gasteiger partial charge in [-0.15, -0.1) is 0 Å². The molecule has 0 amide bonds. The number of benzene rings is 1. The van der Waals surface area contributed by atoms with Gasteiger partial charge in [-0.25, -0.2) is 9.97 Å². The summed E-state index contributed by atoms with van der Waals surface area (Å²) in [5, 5.41) is 10.1. The highest BCUT2D eigenvalue weighted by atomic mass is 16.3. The number of nitrogens with two attached hydrogens (primary N) is 1. The van der Waals surface area contributed by atoms with Gasteiger partial charge >= 0.3 is 0 Å². The number of imidazole rings is 1. The molecule has 2 heterocycles. The van der Waals surface area contributed by atoms with E-state index in [0.29, 0.717) is 5.82 Å². The van der Waals surface area contributed by atoms with Crippen LogP contribution in [0.1, 0.15) is 19.4 Å². The van der Waals surface area contributed by atoms with Crippen LogP contribution in [0.4, 0.5) is 5.95 Å². The molecule has 102 valence electrons. The fourth-order valence-electron chi connectivity index (χ4n) is 2.07. The molecule has 0 unspecified atom stereocenters. The van der Waals surface area contributed by atoms with E-state index in [4.69, 9.17) is 5.73 Å². The predicted molar refractivity (Wildman–Crippen MR) is 76.3 cm³/mol. The van der Waals surface area contributed by atoms with Crippen molar-refractivity contribution in [1.82, 2.24) is 19.5 Å². The summed E-state index contributed by atoms with van der Waals surface area (Å²) in [5.74, 6) is 0.857. The first kappa shape index (κ1) is 12.6. The fraction of sp³-hybridized carbons (Fsp3) is 0.214. The number of rotatable bonds is 2. The molecule has 0 saturated heterocycles. The van der Waals surface area contributed by atoms with Crippen molar-refractivity contribution in [3.8, 4) is 5.82 Å². The smallest absolute Gasteiger partial charge is 0.221 e. The molecule has 3 rings (SSSR count). The molecule has 0 radical (unpaired) electrons. The van der Waals surface area contributed by atoms with E-state index in [9.17, 15) is 5.11 Å². The quantitative estimate of drug-likeness (QED) is 0.738. The third-order valence-corrected chi connectivity index (χ3v) is 3.16. The predicted octanol–water partition coefficient (Wildman–Crippen LogP) is 1.63. The third-order valence-electron chi connectivity index (χ3n) is 3.16. The van der Waals surface area contributed by atoms with Crippen LogP contribution in [0.2, 0.25) is 0 Å². The van der Waals surface area contributed by atoms with E-state index < -0.39 is 5.60 Å². The molecule has 2 aromatic heterocycles. The van der Waals surface area contributed by atoms with Gasteiger partial charge in [-0.1, -0.05) is 6.07 Å². The standard InChI is InChI=1S/C14H15N5O/c1-14(2,20)9-3-4-10-11(7-9)19(8-17-10)12-5-6-16-13(15)18-12/h3-8,20H,1-2H3,(H2,15,16,18). The topological polar surface area (TPSA) is 89.9 Å². The average molecular weight is 269 g/mol. The molecule has 20 heavy (non-hydrogen) atoms. The Hall–Kier alpha value is -2.47. The maximum atomic E-state index is 10.1. The van der Waals surface area contributed by atoms with Gasteiger partial charge in [0.15, 0.2) is 0 Å². The number of fused-ring (bicyclic) bond motifs is 1. The molecule has 6 heteroatoms. The average Bonchev–Trinajstić information content (AvgIpc) is 2.80. The Bertz CT molecular complexity index is 773. The van der Waals surface area contributed by atoms with E-state index in [1.807, 2.05) is 22.8 Å². The highest BCUT2D eigenvalue weighted by Crippen LogP contribution is 2.25. The maximum Gasteiger partial charge on any atom is 0.221 e. The second kappa shape index (κ2) is 4.28. The first-order valence-corrected chi connectivity index (χ1v) is 6.24. The first-order valence-electron chi connectivity index (χ1n) is 6.24. The van der Waals surface area contributed by atoms with Crippen LogP contribution >= 0.6 is 0 Å². The van der Waals surface area contributed by atoms with Gasteiger partial charge in [-0.3, -0.25) is 4.57 Å². The van der Waals surface area contributed by atoms with Gasteiger partial charge < -0.3 is 10.8 Å². The fourth-order valence-corrected chi connectivity index (χ4v) is 2.07. The lowest BCUT2D eigenvalue weighted by atomic mass is 9.98. The SMILES string of the molecule is CC(C)(O)c1ccc2ncn(-c3ccnc(N)n3)c2c1. The van der Waals surface area contributed by atoms with E-state index >= 15 is 0 Å². The molecule has 0 saturated carbocycles. The minimum absolute atomic E-state index is 0.211. The van der Waals surface area contributed by atoms with Gasteiger partial charge in [0.2, 0.25) is 5.95 Å². The van der Waals surface area contributed by atoms with E-state index in [0.717, 1.165) is 16.6 Å². The Morgan fingerprint density at radius 1 is 1.20 bits per heavy atom. The lowest BCUT2D eigenvalue weighted by Gasteiger charge is -2.17. The van der Waals surface area contributed by atoms with Crippen LogP contribution in [0.5, 0.6) is 0 Å². The highest BCUT2D eigenvalue weighted by Gasteiger charge is 2.17. The van der Waals surface area contributed by atoms with Crippen molar-refractivity contribution < 1.29 is 5.11 Å². The van der Waals surface area contributed by atoms with Crippen LogP contribution in [0.25, 0.3) is 16.9 Å². The Morgan fingerprint density at radius 2 is 2.00 bits per heavy atom. The summed E-state index contributed by atoms with van der Waals surface area (Å²) in [5.41, 5.74) is 7.21. The van der Waals surface area contributed by atoms with Gasteiger partial charge in [0.1, 0.15) is 12.1 Å². The van der Waals surface area contributed by atoms with Crippen LogP contribution < -0.4 is 5.73 Å². The molecule has 3 N–H and O–H groups in total. The van der Waals surface area contributed by atoms with Crippen molar-refractivity contribution >= 4 is 17.0 Å². The van der Waals surface area contributed by atoms with Gasteiger partial charge in [-0.2, -0.15) is 4.98 Å². The molecule has 3 aromatic rings. The number of hydrogen-bond acceptors (Lipinski definition) is 5. The molecule has 0 aliphatic heterocycles. The number of hydrogen-bond donors (Lipinski definition) is 2. The van der Waals surface area contributed by atoms with Crippen LogP contribution in [0, 0.1) is 0 Å². The lowest BCUT2D eigenvalue weighted by Crippen LogP contribution is -2.15. The zero-order valence-electron chi connectivity index (χ0n) is 11.3. The summed E-state index contributed by atoms with van der Waals surface area (Å²) in [6.07, 6.45) is 3.28. The second-order valence-electron chi connectivity index (χ2n) is 5.15. The molecule has 0 bridgehead atoms. The van der Waals surface area contributed by atoms with Crippen molar-refractivity contribution in [2.75, 3.05) is 5.73 Å². The maximum absolute atomic E-state index is 10.1. The molecule has 0 atom stereocenters. The number of anilines is 1. The van der Waals surface area contributed by atoms with Crippen molar-refractivity contribution in [1.29, 1.82) is 0 Å². The minimum Gasteiger partial charge on any atom is -0.386 e. The largest absolute Gasteiger partial charge is 0.386 e. The van der Waals surface area contributed by atoms with Crippen LogP contribution in [0.3, 0.4) is 0 Å². The number of aliphatic hydroxyl groups is 1. The summed E-state index contributed by atoms with van der Waals surface area (Å²) in [6, 6.07) is 7.41. The van der Waals surface area contributed by atoms with Crippen LogP contribution in [-0.2, 0) is 5.60 Å². The Kier molecular flexibility index (Phi) is 2.69. The normalized spacial score (nSPS) is 11.9. The zero-order chi connectivity index (χ0) is 14.3. The van der Waals surface area contributed by atoms with Gasteiger partial charge in [0.05, 0.1) is 16.6 Å². The van der Waals surface area contributed by atoms with Crippen LogP contribution in [0.15, 0.2) is 36.8 Å². The molecule has 0 aliphatic rings. The molecule has 6 nitrogen and oxygen atoms in total. The van der Waals surface area contributed by atoms with Crippen molar-refractivity contribution in [3.63, 3.8) is 0 Å². The molecule has 1 aromatic carbocycles. The van der Waals surface area contributed by atoms with Gasteiger partial charge in [-0.05, 0) is 37.6 Å². The molecular formula is C14H15N5O. The van der Waals surface area contributed by atoms with Crippen molar-refractivity contribution in [3.05, 3.63) is 42.4 Å². The molecular weight excluding hydrogens is 254 g/mol. The van der Waals surface area contributed by atoms with E-state index in [2.05, 4.69) is 15.0 Å². The second-order valence-corrected chi connectivity index (χ2v) is 5.15. The minimum atomic E-state index is -0.909. The van der Waals surface area contributed by atoms with Gasteiger partial charge in [0, 0.05) is 6.20 Å². The Morgan fingerprint density at radius 3 is 2.70 bits per heavy atom. The summed E-state index contributed by atoms with van der Waals surface area (Å²) in [7, 11) is 0. The molecule has 0 spiro atoms. The Labute approximate surface area is 115 Å². The number of nitrogen functional groups attached to an aromatic ring is 1. The summed E-state index contributed by atoms with van der Waals surface area (Å²) < 4.78 is 1.82. The molecule has 0 aliphatic carbocycles. The molecule has 0 fully saturated rings. The summed E-state index contributed by atoms with van der Waals surface area (Å²) in [4.78, 5) is 12.4. The monoisotopic (exact) mass is 269 g/mol. The van der Waals surface area contributed by atoms with E-state index in [1.165, 1.54) is 0 Å². The first-order chi connectivity index (χ1) is 9.45.